The van der Waals surface area contributed by atoms with Crippen LogP contribution in [0.2, 0.25) is 0 Å². The Bertz CT molecular complexity index is 1390. The van der Waals surface area contributed by atoms with E-state index in [1.807, 2.05) is 44.2 Å². The zero-order valence-corrected chi connectivity index (χ0v) is 26.8. The van der Waals surface area contributed by atoms with Gasteiger partial charge < -0.3 is 15.4 Å². The highest BCUT2D eigenvalue weighted by Gasteiger charge is 2.49. The number of sulfonamides is 1. The first-order chi connectivity index (χ1) is 19.1. The topological polar surface area (TPSA) is 142 Å². The molecule has 1 aromatic carbocycles. The number of rotatable bonds is 15. The molecule has 1 aromatic heterocycles. The summed E-state index contributed by atoms with van der Waals surface area (Å²) < 4.78 is 56.9. The van der Waals surface area contributed by atoms with Crippen LogP contribution in [0.15, 0.2) is 47.8 Å². The number of carbonyl (C=O) groups is 2. The highest BCUT2D eigenvalue weighted by molar-refractivity contribution is 7.92. The second kappa shape index (κ2) is 13.3. The van der Waals surface area contributed by atoms with Gasteiger partial charge in [0.2, 0.25) is 15.9 Å². The second-order valence-electron chi connectivity index (χ2n) is 11.1. The predicted molar refractivity (Wildman–Crippen MR) is 161 cm³/mol. The number of hydrogen-bond acceptors (Lipinski definition) is 8. The van der Waals surface area contributed by atoms with Crippen molar-refractivity contribution in [1.29, 1.82) is 0 Å². The lowest BCUT2D eigenvalue weighted by Gasteiger charge is -2.33. The first kappa shape index (κ1) is 33.2. The molecule has 2 amide bonds. The second-order valence-corrected chi connectivity index (χ2v) is 16.7. The zero-order chi connectivity index (χ0) is 30.6. The highest BCUT2D eigenvalue weighted by atomic mass is 32.2. The SMILES string of the molecule is CCN(C(C)C)S(=O)(=O)CC[C@@H]1O[C@@H]1[C@H](Cc1ccccc1)NC(=O)[C@@H](NC(=O)c1cccs1)C(C)(C)S(C)(=O)=O. The molecule has 0 aliphatic carbocycles. The largest absolute Gasteiger partial charge is 0.367 e. The summed E-state index contributed by atoms with van der Waals surface area (Å²) in [4.78, 5) is 27.0. The molecular weight excluding hydrogens is 587 g/mol. The molecule has 2 N–H and O–H groups in total. The molecule has 0 radical (unpaired) electrons. The molecule has 1 aliphatic heterocycles. The van der Waals surface area contributed by atoms with Crippen molar-refractivity contribution in [2.75, 3.05) is 18.6 Å². The summed E-state index contributed by atoms with van der Waals surface area (Å²) in [5.74, 6) is -1.30. The van der Waals surface area contributed by atoms with E-state index in [1.165, 1.54) is 29.5 Å². The number of thiophene rings is 1. The van der Waals surface area contributed by atoms with E-state index in [4.69, 9.17) is 4.74 Å². The standard InChI is InChI=1S/C28H41N3O7S3/c1-7-31(19(2)3)41(36,37)17-15-22-24(38-22)21(18-20-12-9-8-10-13-20)29-27(33)25(28(4,5)40(6,34)35)30-26(32)23-14-11-16-39-23/h8-14,16,19,21-22,24-25H,7,15,17-18H2,1-6H3,(H,29,33)(H,30,32)/t21-,22-,24+,25+/m0/s1. The number of benzene rings is 1. The third-order valence-corrected chi connectivity index (χ3v) is 12.6. The molecule has 2 heterocycles. The van der Waals surface area contributed by atoms with Crippen LogP contribution in [0.1, 0.15) is 56.3 Å². The quantitative estimate of drug-likeness (QED) is 0.289. The summed E-state index contributed by atoms with van der Waals surface area (Å²) >= 11 is 1.18. The average molecular weight is 628 g/mol. The molecule has 1 fully saturated rings. The normalized spacial score (nSPS) is 19.1. The maximum atomic E-state index is 13.8. The smallest absolute Gasteiger partial charge is 0.262 e. The fourth-order valence-corrected chi connectivity index (χ4v) is 7.79. The maximum absolute atomic E-state index is 13.8. The van der Waals surface area contributed by atoms with Crippen molar-refractivity contribution in [3.63, 3.8) is 0 Å². The molecule has 13 heteroatoms. The van der Waals surface area contributed by atoms with Crippen molar-refractivity contribution in [3.05, 3.63) is 58.3 Å². The minimum atomic E-state index is -3.79. The van der Waals surface area contributed by atoms with Gasteiger partial charge in [0, 0.05) is 18.8 Å². The third-order valence-electron chi connectivity index (χ3n) is 7.48. The molecule has 41 heavy (non-hydrogen) atoms. The Balaban J connectivity index is 1.82. The molecule has 4 atom stereocenters. The van der Waals surface area contributed by atoms with Gasteiger partial charge in [0.15, 0.2) is 9.84 Å². The minimum absolute atomic E-state index is 0.0905. The monoisotopic (exact) mass is 627 g/mol. The number of ether oxygens (including phenoxy) is 1. The molecule has 0 bridgehead atoms. The van der Waals surface area contributed by atoms with Crippen LogP contribution >= 0.6 is 11.3 Å². The van der Waals surface area contributed by atoms with Gasteiger partial charge in [-0.25, -0.2) is 16.8 Å². The zero-order valence-electron chi connectivity index (χ0n) is 24.4. The van der Waals surface area contributed by atoms with Gasteiger partial charge in [0.25, 0.3) is 5.91 Å². The molecule has 0 unspecified atom stereocenters. The van der Waals surface area contributed by atoms with Gasteiger partial charge in [-0.2, -0.15) is 4.31 Å². The number of sulfone groups is 1. The predicted octanol–water partition coefficient (Wildman–Crippen LogP) is 2.61. The molecule has 1 saturated heterocycles. The average Bonchev–Trinajstić information content (AvgIpc) is 3.45. The minimum Gasteiger partial charge on any atom is -0.367 e. The van der Waals surface area contributed by atoms with Crippen LogP contribution in [-0.4, -0.2) is 86.6 Å². The van der Waals surface area contributed by atoms with Crippen LogP contribution in [0.25, 0.3) is 0 Å². The summed E-state index contributed by atoms with van der Waals surface area (Å²) in [6.07, 6.45) is 0.789. The molecule has 0 spiro atoms. The molecule has 1 aliphatic rings. The van der Waals surface area contributed by atoms with E-state index in [9.17, 15) is 26.4 Å². The van der Waals surface area contributed by atoms with Crippen molar-refractivity contribution in [1.82, 2.24) is 14.9 Å². The van der Waals surface area contributed by atoms with Crippen LogP contribution < -0.4 is 10.6 Å². The van der Waals surface area contributed by atoms with E-state index >= 15 is 0 Å². The Morgan fingerprint density at radius 3 is 2.24 bits per heavy atom. The van der Waals surface area contributed by atoms with E-state index in [0.29, 0.717) is 17.8 Å². The van der Waals surface area contributed by atoms with E-state index in [1.54, 1.807) is 24.4 Å². The number of nitrogens with one attached hydrogen (secondary N) is 2. The lowest BCUT2D eigenvalue weighted by molar-refractivity contribution is -0.124. The lowest BCUT2D eigenvalue weighted by Crippen LogP contribution is -2.62. The van der Waals surface area contributed by atoms with Gasteiger partial charge in [-0.05, 0) is 57.5 Å². The Hall–Kier alpha value is -2.32. The van der Waals surface area contributed by atoms with Gasteiger partial charge in [-0.15, -0.1) is 11.3 Å². The third kappa shape index (κ3) is 8.38. The summed E-state index contributed by atoms with van der Waals surface area (Å²) in [5.41, 5.74) is 0.915. The number of epoxide rings is 1. The van der Waals surface area contributed by atoms with Crippen molar-refractivity contribution < 1.29 is 31.2 Å². The lowest BCUT2D eigenvalue weighted by atomic mass is 9.98. The Morgan fingerprint density at radius 2 is 1.71 bits per heavy atom. The molecule has 2 aromatic rings. The van der Waals surface area contributed by atoms with Crippen molar-refractivity contribution in [3.8, 4) is 0 Å². The van der Waals surface area contributed by atoms with Crippen LogP contribution in [0.3, 0.4) is 0 Å². The summed E-state index contributed by atoms with van der Waals surface area (Å²) in [6, 6.07) is 10.6. The van der Waals surface area contributed by atoms with Gasteiger partial charge in [0.05, 0.1) is 27.5 Å². The number of hydrogen-bond donors (Lipinski definition) is 2. The molecule has 3 rings (SSSR count). The van der Waals surface area contributed by atoms with E-state index in [0.717, 1.165) is 11.8 Å². The molecule has 228 valence electrons. The van der Waals surface area contributed by atoms with Gasteiger partial charge in [0.1, 0.15) is 12.1 Å². The first-order valence-corrected chi connectivity index (χ1v) is 18.0. The van der Waals surface area contributed by atoms with Crippen molar-refractivity contribution >= 4 is 43.0 Å². The number of nitrogens with zero attached hydrogens (tertiary/aromatic N) is 1. The summed E-state index contributed by atoms with van der Waals surface area (Å²) in [7, 11) is -7.28. The van der Waals surface area contributed by atoms with Crippen LogP contribution in [0, 0.1) is 0 Å². The summed E-state index contributed by atoms with van der Waals surface area (Å²) in [6.45, 7) is 8.64. The number of amides is 2. The van der Waals surface area contributed by atoms with Crippen molar-refractivity contribution in [2.24, 2.45) is 0 Å². The van der Waals surface area contributed by atoms with Gasteiger partial charge in [-0.3, -0.25) is 9.59 Å². The molecular formula is C28H41N3O7S3. The first-order valence-electron chi connectivity index (χ1n) is 13.6. The van der Waals surface area contributed by atoms with Crippen LogP contribution in [-0.2, 0) is 35.8 Å². The van der Waals surface area contributed by atoms with Gasteiger partial charge >= 0.3 is 0 Å². The van der Waals surface area contributed by atoms with E-state index in [2.05, 4.69) is 10.6 Å². The highest BCUT2D eigenvalue weighted by Crippen LogP contribution is 2.32. The maximum Gasteiger partial charge on any atom is 0.262 e. The summed E-state index contributed by atoms with van der Waals surface area (Å²) in [5, 5.41) is 7.29. The van der Waals surface area contributed by atoms with Crippen molar-refractivity contribution in [2.45, 2.75) is 82.5 Å². The van der Waals surface area contributed by atoms with E-state index in [-0.39, 0.29) is 18.2 Å². The molecule has 0 saturated carbocycles. The Kier molecular flexibility index (Phi) is 10.8. The van der Waals surface area contributed by atoms with Crippen LogP contribution in [0.4, 0.5) is 0 Å². The Labute approximate surface area is 247 Å². The Morgan fingerprint density at radius 1 is 1.05 bits per heavy atom. The fraction of sp³-hybridized carbons (Fsp3) is 0.571. The van der Waals surface area contributed by atoms with E-state index < -0.39 is 60.7 Å². The van der Waals surface area contributed by atoms with Gasteiger partial charge in [-0.1, -0.05) is 43.3 Å². The molecule has 10 nitrogen and oxygen atoms in total. The fourth-order valence-electron chi connectivity index (χ4n) is 4.77. The number of carbonyl (C=O) groups excluding carboxylic acids is 2. The van der Waals surface area contributed by atoms with Crippen LogP contribution in [0.5, 0.6) is 0 Å².